The topological polar surface area (TPSA) is 124 Å². The third-order valence-corrected chi connectivity index (χ3v) is 4.47. The van der Waals surface area contributed by atoms with Crippen molar-refractivity contribution in [3.63, 3.8) is 0 Å². The molecule has 154 valence electrons. The van der Waals surface area contributed by atoms with E-state index < -0.39 is 17.9 Å². The summed E-state index contributed by atoms with van der Waals surface area (Å²) in [6.45, 7) is 0. The Morgan fingerprint density at radius 2 is 2.03 bits per heavy atom. The number of nitrogens with zero attached hydrogens (tertiary/aromatic N) is 2. The highest BCUT2D eigenvalue weighted by Crippen LogP contribution is 2.14. The van der Waals surface area contributed by atoms with E-state index in [4.69, 9.17) is 11.6 Å². The van der Waals surface area contributed by atoms with E-state index in [9.17, 15) is 14.4 Å². The van der Waals surface area contributed by atoms with Gasteiger partial charge in [-0.3, -0.25) is 19.7 Å². The number of hydrogen-bond donors (Lipinski definition) is 4. The first-order valence-electron chi connectivity index (χ1n) is 9.00. The molecule has 3 amide bonds. The van der Waals surface area contributed by atoms with E-state index in [0.29, 0.717) is 21.8 Å². The van der Waals surface area contributed by atoms with Gasteiger partial charge in [-0.05, 0) is 24.3 Å². The zero-order valence-corrected chi connectivity index (χ0v) is 16.7. The molecule has 1 aliphatic rings. The van der Waals surface area contributed by atoms with E-state index in [1.165, 1.54) is 13.3 Å². The number of carbonyl (C=O) groups is 3. The molecule has 0 saturated heterocycles. The molecule has 0 radical (unpaired) electrons. The summed E-state index contributed by atoms with van der Waals surface area (Å²) in [5.41, 5.74) is 4.18. The van der Waals surface area contributed by atoms with E-state index in [1.54, 1.807) is 42.5 Å². The number of carbonyl (C=O) groups excluding carboxylic acids is 3. The third-order valence-electron chi connectivity index (χ3n) is 4.12. The summed E-state index contributed by atoms with van der Waals surface area (Å²) in [6.07, 6.45) is 1.34. The smallest absolute Gasteiger partial charge is 0.252 e. The van der Waals surface area contributed by atoms with Crippen LogP contribution in [-0.2, 0) is 9.59 Å². The fourth-order valence-electron chi connectivity index (χ4n) is 2.65. The highest BCUT2D eigenvalue weighted by Gasteiger charge is 2.28. The lowest BCUT2D eigenvalue weighted by Gasteiger charge is -2.08. The largest absolute Gasteiger partial charge is 0.355 e. The van der Waals surface area contributed by atoms with Gasteiger partial charge in [0, 0.05) is 28.9 Å². The van der Waals surface area contributed by atoms with Crippen molar-refractivity contribution in [2.45, 2.75) is 12.5 Å². The van der Waals surface area contributed by atoms with Gasteiger partial charge < -0.3 is 10.6 Å². The standard InChI is InChI=1S/C20H19ClN6O3/c1-22-18(29)12-6-4-7-14(9-12)24-17(28)10-16-19(30)26-20(25-16)27-23-11-13-5-2-3-8-15(13)21/h2-9,11,16H,10H2,1H3,(H,22,29)(H,24,28)(H2,25,26,27,30)/b23-11-/t16-/m1/s1. The number of anilines is 1. The van der Waals surface area contributed by atoms with E-state index >= 15 is 0 Å². The van der Waals surface area contributed by atoms with Crippen LogP contribution in [0.15, 0.2) is 58.6 Å². The molecule has 3 rings (SSSR count). The average Bonchev–Trinajstić information content (AvgIpc) is 3.08. The van der Waals surface area contributed by atoms with Crippen LogP contribution in [0, 0.1) is 0 Å². The van der Waals surface area contributed by atoms with Gasteiger partial charge in [0.05, 0.1) is 12.6 Å². The number of rotatable bonds is 6. The second kappa shape index (κ2) is 9.66. The molecule has 0 saturated carbocycles. The Morgan fingerprint density at radius 3 is 2.80 bits per heavy atom. The predicted octanol–water partition coefficient (Wildman–Crippen LogP) is 1.51. The van der Waals surface area contributed by atoms with Crippen molar-refractivity contribution in [2.75, 3.05) is 12.4 Å². The molecule has 2 aromatic rings. The van der Waals surface area contributed by atoms with Crippen LogP contribution < -0.4 is 21.4 Å². The van der Waals surface area contributed by atoms with Crippen LogP contribution in [0.1, 0.15) is 22.3 Å². The van der Waals surface area contributed by atoms with Crippen LogP contribution in [0.5, 0.6) is 0 Å². The highest BCUT2D eigenvalue weighted by molar-refractivity contribution is 6.33. The van der Waals surface area contributed by atoms with E-state index in [0.717, 1.165) is 0 Å². The lowest BCUT2D eigenvalue weighted by Crippen LogP contribution is -2.35. The number of hydrazone groups is 1. The fraction of sp³-hybridized carbons (Fsp3) is 0.150. The van der Waals surface area contributed by atoms with Crippen molar-refractivity contribution >= 4 is 47.2 Å². The van der Waals surface area contributed by atoms with Gasteiger partial charge in [-0.15, -0.1) is 0 Å². The molecule has 4 N–H and O–H groups in total. The molecule has 9 nitrogen and oxygen atoms in total. The Morgan fingerprint density at radius 1 is 1.23 bits per heavy atom. The summed E-state index contributed by atoms with van der Waals surface area (Å²) in [5.74, 6) is -0.949. The predicted molar refractivity (Wildman–Crippen MR) is 115 cm³/mol. The van der Waals surface area contributed by atoms with E-state index in [2.05, 4.69) is 31.5 Å². The van der Waals surface area contributed by atoms with Crippen molar-refractivity contribution < 1.29 is 14.4 Å². The lowest BCUT2D eigenvalue weighted by molar-refractivity contribution is -0.123. The molecular formula is C20H19ClN6O3. The summed E-state index contributed by atoms with van der Waals surface area (Å²) >= 11 is 6.04. The minimum Gasteiger partial charge on any atom is -0.355 e. The third kappa shape index (κ3) is 5.42. The van der Waals surface area contributed by atoms with Crippen LogP contribution in [0.25, 0.3) is 0 Å². The van der Waals surface area contributed by atoms with E-state index in [-0.39, 0.29) is 18.3 Å². The van der Waals surface area contributed by atoms with Gasteiger partial charge >= 0.3 is 0 Å². The average molecular weight is 427 g/mol. The van der Waals surface area contributed by atoms with Gasteiger partial charge in [-0.1, -0.05) is 35.9 Å². The monoisotopic (exact) mass is 426 g/mol. The SMILES string of the molecule is CNC(=O)c1cccc(NC(=O)C[C@H]2N=C(N/N=C\c3ccccc3Cl)NC2=O)c1. The number of benzene rings is 2. The number of hydrogen-bond acceptors (Lipinski definition) is 6. The molecule has 10 heteroatoms. The Balaban J connectivity index is 1.57. The summed E-state index contributed by atoms with van der Waals surface area (Å²) in [5, 5.41) is 12.2. The first kappa shape index (κ1) is 21.0. The molecule has 0 spiro atoms. The van der Waals surface area contributed by atoms with Crippen LogP contribution in [0.3, 0.4) is 0 Å². The van der Waals surface area contributed by atoms with Crippen LogP contribution in [-0.4, -0.2) is 43.0 Å². The molecule has 0 unspecified atom stereocenters. The van der Waals surface area contributed by atoms with Gasteiger partial charge in [-0.2, -0.15) is 5.10 Å². The zero-order chi connectivity index (χ0) is 21.5. The summed E-state index contributed by atoms with van der Waals surface area (Å²) in [7, 11) is 1.52. The van der Waals surface area contributed by atoms with E-state index in [1.807, 2.05) is 6.07 Å². The molecule has 1 aliphatic heterocycles. The van der Waals surface area contributed by atoms with Crippen molar-refractivity contribution in [3.8, 4) is 0 Å². The van der Waals surface area contributed by atoms with Crippen molar-refractivity contribution in [1.29, 1.82) is 0 Å². The molecule has 30 heavy (non-hydrogen) atoms. The van der Waals surface area contributed by atoms with Gasteiger partial charge in [0.2, 0.25) is 11.9 Å². The number of amides is 3. The first-order chi connectivity index (χ1) is 14.5. The second-order valence-corrected chi connectivity index (χ2v) is 6.69. The van der Waals surface area contributed by atoms with Crippen molar-refractivity contribution in [1.82, 2.24) is 16.1 Å². The molecule has 0 aromatic heterocycles. The molecule has 0 fully saturated rings. The number of halogens is 1. The van der Waals surface area contributed by atoms with Crippen molar-refractivity contribution in [3.05, 3.63) is 64.7 Å². The van der Waals surface area contributed by atoms with Crippen LogP contribution in [0.2, 0.25) is 5.02 Å². The zero-order valence-electron chi connectivity index (χ0n) is 16.0. The Bertz CT molecular complexity index is 1040. The summed E-state index contributed by atoms with van der Waals surface area (Å²) in [4.78, 5) is 40.2. The molecule has 2 aromatic carbocycles. The minimum atomic E-state index is -0.884. The highest BCUT2D eigenvalue weighted by atomic mass is 35.5. The van der Waals surface area contributed by atoms with Gasteiger partial charge in [0.25, 0.3) is 11.8 Å². The normalized spacial score (nSPS) is 15.5. The van der Waals surface area contributed by atoms with Gasteiger partial charge in [-0.25, -0.2) is 10.4 Å². The number of guanidine groups is 1. The Hall–Kier alpha value is -3.72. The van der Waals surface area contributed by atoms with Crippen LogP contribution in [0.4, 0.5) is 5.69 Å². The molecular weight excluding hydrogens is 408 g/mol. The lowest BCUT2D eigenvalue weighted by atomic mass is 10.1. The molecule has 0 bridgehead atoms. The first-order valence-corrected chi connectivity index (χ1v) is 9.38. The molecule has 0 aliphatic carbocycles. The molecule has 1 atom stereocenters. The van der Waals surface area contributed by atoms with Gasteiger partial charge in [0.15, 0.2) is 0 Å². The van der Waals surface area contributed by atoms with Crippen LogP contribution >= 0.6 is 11.6 Å². The van der Waals surface area contributed by atoms with Gasteiger partial charge in [0.1, 0.15) is 6.04 Å². The quantitative estimate of drug-likeness (QED) is 0.412. The maximum absolute atomic E-state index is 12.3. The number of aliphatic imine (C=N–C) groups is 1. The summed E-state index contributed by atoms with van der Waals surface area (Å²) in [6, 6.07) is 12.7. The fourth-order valence-corrected chi connectivity index (χ4v) is 2.84. The Kier molecular flexibility index (Phi) is 6.76. The minimum absolute atomic E-state index is 0.141. The van der Waals surface area contributed by atoms with Crippen molar-refractivity contribution in [2.24, 2.45) is 10.1 Å². The Labute approximate surface area is 177 Å². The molecule has 1 heterocycles. The maximum atomic E-state index is 12.3. The maximum Gasteiger partial charge on any atom is 0.252 e. The second-order valence-electron chi connectivity index (χ2n) is 6.29. The number of nitrogens with one attached hydrogen (secondary N) is 4. The summed E-state index contributed by atoms with van der Waals surface area (Å²) < 4.78 is 0.